The van der Waals surface area contributed by atoms with Crippen molar-refractivity contribution in [1.29, 1.82) is 0 Å². The number of hydrogen-bond donors (Lipinski definition) is 2. The number of hydrogen-bond acceptors (Lipinski definition) is 4. The summed E-state index contributed by atoms with van der Waals surface area (Å²) >= 11 is 1.15. The Morgan fingerprint density at radius 2 is 2.10 bits per heavy atom. The maximum Gasteiger partial charge on any atom is 0.419 e. The van der Waals surface area contributed by atoms with Crippen LogP contribution in [0, 0.1) is 5.82 Å². The minimum atomic E-state index is -4.76. The smallest absolute Gasteiger partial charge is 0.419 e. The van der Waals surface area contributed by atoms with E-state index < -0.39 is 17.6 Å². The number of halogens is 4. The molecule has 2 N–H and O–H groups in total. The van der Waals surface area contributed by atoms with Gasteiger partial charge in [-0.25, -0.2) is 9.37 Å². The number of nitrogens with one attached hydrogen (secondary N) is 1. The summed E-state index contributed by atoms with van der Waals surface area (Å²) < 4.78 is 50.9. The van der Waals surface area contributed by atoms with Crippen molar-refractivity contribution < 1.29 is 22.7 Å². The van der Waals surface area contributed by atoms with E-state index in [1.54, 1.807) is 5.38 Å². The molecule has 1 aromatic heterocycles. The fourth-order valence-corrected chi connectivity index (χ4v) is 2.33. The number of aliphatic hydroxyl groups excluding tert-OH is 1. The molecule has 1 heterocycles. The van der Waals surface area contributed by atoms with Gasteiger partial charge in [-0.3, -0.25) is 0 Å². The van der Waals surface area contributed by atoms with Gasteiger partial charge in [-0.15, -0.1) is 11.3 Å². The van der Waals surface area contributed by atoms with Crippen LogP contribution in [-0.4, -0.2) is 10.1 Å². The Morgan fingerprint density at radius 3 is 2.71 bits per heavy atom. The van der Waals surface area contributed by atoms with Gasteiger partial charge in [-0.05, 0) is 18.2 Å². The van der Waals surface area contributed by atoms with E-state index in [1.807, 2.05) is 0 Å². The van der Waals surface area contributed by atoms with Gasteiger partial charge >= 0.3 is 6.18 Å². The van der Waals surface area contributed by atoms with Crippen molar-refractivity contribution in [2.24, 2.45) is 0 Å². The number of rotatable bonds is 4. The molecule has 8 heteroatoms. The van der Waals surface area contributed by atoms with E-state index >= 15 is 0 Å². The van der Waals surface area contributed by atoms with Gasteiger partial charge in [0.2, 0.25) is 0 Å². The monoisotopic (exact) mass is 318 g/mol. The van der Waals surface area contributed by atoms with E-state index in [0.717, 1.165) is 17.4 Å². The van der Waals surface area contributed by atoms with Crippen molar-refractivity contribution in [1.82, 2.24) is 4.98 Å². The highest BCUT2D eigenvalue weighted by Gasteiger charge is 2.34. The first kappa shape index (κ1) is 15.3. The highest BCUT2D eigenvalue weighted by Crippen LogP contribution is 2.34. The number of aliphatic hydroxyl groups is 1. The van der Waals surface area contributed by atoms with Crippen LogP contribution in [0.15, 0.2) is 35.9 Å². The quantitative estimate of drug-likeness (QED) is 0.636. The predicted molar refractivity (Wildman–Crippen MR) is 72.3 cm³/mol. The van der Waals surface area contributed by atoms with Crippen LogP contribution in [0.3, 0.4) is 0 Å². The van der Waals surface area contributed by atoms with Crippen LogP contribution in [-0.2, 0) is 12.6 Å². The molecule has 0 spiro atoms. The molecule has 0 bridgehead atoms. The standard InChI is InChI=1S/C13H10F4N2OS/c1-7(20)4-9-6-21-12(19-9)18-8-2-3-11(14)10(5-8)13(15,16)17/h2-3,5-6,20H,1,4H2,(H,18,19). The molecule has 0 amide bonds. The summed E-state index contributed by atoms with van der Waals surface area (Å²) in [6.45, 7) is 3.33. The Morgan fingerprint density at radius 1 is 1.38 bits per heavy atom. The normalized spacial score (nSPS) is 11.4. The summed E-state index contributed by atoms with van der Waals surface area (Å²) in [5, 5.41) is 13.7. The van der Waals surface area contributed by atoms with E-state index in [-0.39, 0.29) is 17.9 Å². The lowest BCUT2D eigenvalue weighted by Crippen LogP contribution is -2.08. The third-order valence-electron chi connectivity index (χ3n) is 2.46. The van der Waals surface area contributed by atoms with Crippen LogP contribution < -0.4 is 5.32 Å². The summed E-state index contributed by atoms with van der Waals surface area (Å²) in [7, 11) is 0. The zero-order valence-corrected chi connectivity index (χ0v) is 11.4. The number of aromatic nitrogens is 1. The van der Waals surface area contributed by atoms with Gasteiger partial charge in [0.15, 0.2) is 5.13 Å². The van der Waals surface area contributed by atoms with Crippen molar-refractivity contribution in [3.05, 3.63) is 53.0 Å². The predicted octanol–water partition coefficient (Wildman–Crippen LogP) is 4.66. The summed E-state index contributed by atoms with van der Waals surface area (Å²) in [4.78, 5) is 4.07. The summed E-state index contributed by atoms with van der Waals surface area (Å²) in [5.74, 6) is -1.39. The molecule has 0 saturated carbocycles. The van der Waals surface area contributed by atoms with E-state index in [1.165, 1.54) is 6.07 Å². The first-order valence-electron chi connectivity index (χ1n) is 5.70. The van der Waals surface area contributed by atoms with Crippen LogP contribution >= 0.6 is 11.3 Å². The molecule has 0 aliphatic rings. The van der Waals surface area contributed by atoms with Gasteiger partial charge in [-0.1, -0.05) is 6.58 Å². The average molecular weight is 318 g/mol. The first-order valence-corrected chi connectivity index (χ1v) is 6.58. The lowest BCUT2D eigenvalue weighted by Gasteiger charge is -2.10. The number of thiazole rings is 1. The Balaban J connectivity index is 2.20. The fourth-order valence-electron chi connectivity index (χ4n) is 1.60. The Hall–Kier alpha value is -2.09. The highest BCUT2D eigenvalue weighted by atomic mass is 32.1. The average Bonchev–Trinajstić information content (AvgIpc) is 2.76. The van der Waals surface area contributed by atoms with Crippen LogP contribution in [0.4, 0.5) is 28.4 Å². The van der Waals surface area contributed by atoms with Gasteiger partial charge < -0.3 is 10.4 Å². The second-order valence-electron chi connectivity index (χ2n) is 4.20. The minimum absolute atomic E-state index is 0.0620. The Kier molecular flexibility index (Phi) is 4.17. The molecule has 112 valence electrons. The maximum absolute atomic E-state index is 13.2. The number of allylic oxidation sites excluding steroid dienone is 1. The molecule has 2 rings (SSSR count). The van der Waals surface area contributed by atoms with Crippen molar-refractivity contribution in [2.75, 3.05) is 5.32 Å². The van der Waals surface area contributed by atoms with E-state index in [9.17, 15) is 17.6 Å². The third-order valence-corrected chi connectivity index (χ3v) is 3.27. The molecule has 0 fully saturated rings. The topological polar surface area (TPSA) is 45.1 Å². The Bertz CT molecular complexity index is 666. The van der Waals surface area contributed by atoms with Gasteiger partial charge in [0.25, 0.3) is 0 Å². The molecule has 21 heavy (non-hydrogen) atoms. The lowest BCUT2D eigenvalue weighted by atomic mass is 10.2. The zero-order chi connectivity index (χ0) is 15.6. The number of benzene rings is 1. The van der Waals surface area contributed by atoms with Gasteiger partial charge in [0, 0.05) is 17.5 Å². The molecule has 0 radical (unpaired) electrons. The molecule has 2 aromatic rings. The Labute approximate surface area is 121 Å². The number of nitrogens with zero attached hydrogens (tertiary/aromatic N) is 1. The third kappa shape index (κ3) is 3.94. The first-order chi connectivity index (χ1) is 9.75. The van der Waals surface area contributed by atoms with E-state index in [2.05, 4.69) is 16.9 Å². The summed E-state index contributed by atoms with van der Waals surface area (Å²) in [5.41, 5.74) is -0.728. The molecule has 3 nitrogen and oxygen atoms in total. The van der Waals surface area contributed by atoms with Crippen molar-refractivity contribution in [3.63, 3.8) is 0 Å². The molecule has 1 aromatic carbocycles. The second kappa shape index (κ2) is 5.72. The van der Waals surface area contributed by atoms with Crippen LogP contribution in [0.1, 0.15) is 11.3 Å². The number of anilines is 2. The van der Waals surface area contributed by atoms with E-state index in [4.69, 9.17) is 5.11 Å². The highest BCUT2D eigenvalue weighted by molar-refractivity contribution is 7.13. The molecule has 0 aliphatic carbocycles. The van der Waals surface area contributed by atoms with Crippen LogP contribution in [0.5, 0.6) is 0 Å². The fraction of sp³-hybridized carbons (Fsp3) is 0.154. The van der Waals surface area contributed by atoms with Crippen LogP contribution in [0.25, 0.3) is 0 Å². The minimum Gasteiger partial charge on any atom is -0.513 e. The van der Waals surface area contributed by atoms with E-state index in [0.29, 0.717) is 16.9 Å². The van der Waals surface area contributed by atoms with Gasteiger partial charge in [-0.2, -0.15) is 13.2 Å². The molecular formula is C13H10F4N2OS. The number of alkyl halides is 3. The lowest BCUT2D eigenvalue weighted by molar-refractivity contribution is -0.139. The van der Waals surface area contributed by atoms with Crippen molar-refractivity contribution in [3.8, 4) is 0 Å². The largest absolute Gasteiger partial charge is 0.513 e. The summed E-state index contributed by atoms with van der Waals surface area (Å²) in [6, 6.07) is 2.62. The van der Waals surface area contributed by atoms with Gasteiger partial charge in [0.1, 0.15) is 5.82 Å². The second-order valence-corrected chi connectivity index (χ2v) is 5.06. The molecular weight excluding hydrogens is 308 g/mol. The maximum atomic E-state index is 13.2. The van der Waals surface area contributed by atoms with Crippen molar-refractivity contribution >= 4 is 22.2 Å². The molecule has 0 aliphatic heterocycles. The molecule has 0 saturated heterocycles. The van der Waals surface area contributed by atoms with Crippen molar-refractivity contribution in [2.45, 2.75) is 12.6 Å². The molecule has 0 atom stereocenters. The SMILES string of the molecule is C=C(O)Cc1csc(Nc2ccc(F)c(C(F)(F)F)c2)n1. The van der Waals surface area contributed by atoms with Crippen LogP contribution in [0.2, 0.25) is 0 Å². The summed E-state index contributed by atoms with van der Waals surface area (Å²) in [6.07, 6.45) is -4.60. The zero-order valence-electron chi connectivity index (χ0n) is 10.5. The molecule has 0 unspecified atom stereocenters. The van der Waals surface area contributed by atoms with Gasteiger partial charge in [0.05, 0.1) is 17.0 Å².